The minimum absolute atomic E-state index is 0.118. The summed E-state index contributed by atoms with van der Waals surface area (Å²) in [7, 11) is 0. The Hall–Kier alpha value is -2.15. The Morgan fingerprint density at radius 3 is 2.40 bits per heavy atom. The molecule has 0 saturated heterocycles. The first-order valence-corrected chi connectivity index (χ1v) is 8.79. The molecule has 6 nitrogen and oxygen atoms in total. The average molecular weight is 411 g/mol. The van der Waals surface area contributed by atoms with Gasteiger partial charge in [0.2, 0.25) is 0 Å². The van der Waals surface area contributed by atoms with Crippen LogP contribution in [0.5, 0.6) is 0 Å². The lowest BCUT2D eigenvalue weighted by atomic mass is 9.93. The van der Waals surface area contributed by atoms with Gasteiger partial charge < -0.3 is 14.2 Å². The van der Waals surface area contributed by atoms with Crippen LogP contribution in [0.3, 0.4) is 0 Å². The lowest BCUT2D eigenvalue weighted by Crippen LogP contribution is -2.44. The molecule has 0 saturated carbocycles. The molecular formula is C18H19BrO6. The number of rotatable bonds is 5. The maximum atomic E-state index is 12.3. The lowest BCUT2D eigenvalue weighted by molar-refractivity contribution is -0.154. The van der Waals surface area contributed by atoms with Crippen molar-refractivity contribution in [1.82, 2.24) is 0 Å². The molecule has 2 rings (SSSR count). The Kier molecular flexibility index (Phi) is 6.75. The molecule has 0 N–H and O–H groups in total. The molecule has 0 spiro atoms. The average Bonchev–Trinajstić information content (AvgIpc) is 2.58. The zero-order valence-electron chi connectivity index (χ0n) is 13.9. The van der Waals surface area contributed by atoms with Crippen LogP contribution in [-0.4, -0.2) is 41.5 Å². The van der Waals surface area contributed by atoms with Gasteiger partial charge in [0, 0.05) is 18.9 Å². The van der Waals surface area contributed by atoms with Gasteiger partial charge in [0.25, 0.3) is 0 Å². The van der Waals surface area contributed by atoms with Crippen LogP contribution in [0.25, 0.3) is 0 Å². The molecule has 0 amide bonds. The maximum absolute atomic E-state index is 12.3. The second-order valence-corrected chi connectivity index (χ2v) is 6.50. The molecule has 0 bridgehead atoms. The zero-order valence-corrected chi connectivity index (χ0v) is 15.5. The number of alkyl halides is 1. The highest BCUT2D eigenvalue weighted by molar-refractivity contribution is 9.09. The fourth-order valence-corrected chi connectivity index (χ4v) is 3.26. The molecule has 3 atom stereocenters. The van der Waals surface area contributed by atoms with E-state index in [-0.39, 0.29) is 13.0 Å². The van der Waals surface area contributed by atoms with Crippen molar-refractivity contribution in [1.29, 1.82) is 0 Å². The van der Waals surface area contributed by atoms with Crippen LogP contribution < -0.4 is 0 Å². The molecule has 0 heterocycles. The van der Waals surface area contributed by atoms with Gasteiger partial charge in [-0.15, -0.1) is 0 Å². The summed E-state index contributed by atoms with van der Waals surface area (Å²) >= 11 is 3.39. The Morgan fingerprint density at radius 2 is 1.80 bits per heavy atom. The molecule has 0 radical (unpaired) electrons. The van der Waals surface area contributed by atoms with Gasteiger partial charge in [0.15, 0.2) is 6.10 Å². The SMILES string of the molecule is CCOC(=O)C1=C[C@H](Br)[C@@H](OC(=O)c2ccccc2)[C@H](OC(C)=O)C1. The van der Waals surface area contributed by atoms with Crippen molar-refractivity contribution in [3.63, 3.8) is 0 Å². The summed E-state index contributed by atoms with van der Waals surface area (Å²) < 4.78 is 15.8. The molecule has 0 fully saturated rings. The molecule has 7 heteroatoms. The Balaban J connectivity index is 2.20. The van der Waals surface area contributed by atoms with Gasteiger partial charge >= 0.3 is 17.9 Å². The number of carbonyl (C=O) groups is 3. The predicted molar refractivity (Wildman–Crippen MR) is 93.2 cm³/mol. The summed E-state index contributed by atoms with van der Waals surface area (Å²) in [5.41, 5.74) is 0.769. The summed E-state index contributed by atoms with van der Waals surface area (Å²) in [5, 5.41) is 0. The maximum Gasteiger partial charge on any atom is 0.338 e. The van der Waals surface area contributed by atoms with Crippen molar-refractivity contribution in [3.8, 4) is 0 Å². The first-order chi connectivity index (χ1) is 11.9. The van der Waals surface area contributed by atoms with Crippen molar-refractivity contribution in [2.45, 2.75) is 37.3 Å². The number of hydrogen-bond donors (Lipinski definition) is 0. The summed E-state index contributed by atoms with van der Waals surface area (Å²) in [6.45, 7) is 3.22. The largest absolute Gasteiger partial charge is 0.463 e. The highest BCUT2D eigenvalue weighted by Crippen LogP contribution is 2.30. The minimum Gasteiger partial charge on any atom is -0.463 e. The first kappa shape index (κ1) is 19.2. The van der Waals surface area contributed by atoms with Crippen molar-refractivity contribution in [2.75, 3.05) is 6.61 Å². The van der Waals surface area contributed by atoms with Gasteiger partial charge in [0.1, 0.15) is 6.10 Å². The molecule has 0 unspecified atom stereocenters. The monoisotopic (exact) mass is 410 g/mol. The van der Waals surface area contributed by atoms with Crippen LogP contribution in [0, 0.1) is 0 Å². The van der Waals surface area contributed by atoms with E-state index in [0.717, 1.165) is 0 Å². The van der Waals surface area contributed by atoms with Crippen LogP contribution in [-0.2, 0) is 23.8 Å². The van der Waals surface area contributed by atoms with E-state index in [2.05, 4.69) is 15.9 Å². The van der Waals surface area contributed by atoms with Gasteiger partial charge in [-0.25, -0.2) is 9.59 Å². The number of esters is 3. The lowest BCUT2D eigenvalue weighted by Gasteiger charge is -2.33. The molecule has 0 aliphatic heterocycles. The standard InChI is InChI=1S/C18H19BrO6/c1-3-23-17(21)13-9-14(19)16(15(10-13)24-11(2)20)25-18(22)12-7-5-4-6-8-12/h4-9,14-16H,3,10H2,1-2H3/t14-,15+,16+/m0/s1. The Morgan fingerprint density at radius 1 is 1.12 bits per heavy atom. The van der Waals surface area contributed by atoms with E-state index >= 15 is 0 Å². The molecule has 134 valence electrons. The van der Waals surface area contributed by atoms with Gasteiger partial charge in [0.05, 0.1) is 17.0 Å². The fourth-order valence-electron chi connectivity index (χ4n) is 2.50. The zero-order chi connectivity index (χ0) is 18.4. The predicted octanol–water partition coefficient (Wildman–Crippen LogP) is 2.80. The highest BCUT2D eigenvalue weighted by Gasteiger charge is 2.39. The van der Waals surface area contributed by atoms with Gasteiger partial charge in [-0.05, 0) is 19.1 Å². The van der Waals surface area contributed by atoms with E-state index in [1.807, 2.05) is 0 Å². The number of carbonyl (C=O) groups excluding carboxylic acids is 3. The summed E-state index contributed by atoms with van der Waals surface area (Å²) in [4.78, 5) is 35.2. The topological polar surface area (TPSA) is 78.9 Å². The number of benzene rings is 1. The molecular weight excluding hydrogens is 392 g/mol. The van der Waals surface area contributed by atoms with E-state index in [1.165, 1.54) is 6.92 Å². The summed E-state index contributed by atoms with van der Waals surface area (Å²) in [6, 6.07) is 8.52. The third-order valence-corrected chi connectivity index (χ3v) is 4.35. The molecule has 1 aromatic carbocycles. The molecule has 0 aromatic heterocycles. The molecule has 1 aliphatic rings. The summed E-state index contributed by atoms with van der Waals surface area (Å²) in [6.07, 6.45) is 0.211. The van der Waals surface area contributed by atoms with Crippen LogP contribution in [0.1, 0.15) is 30.6 Å². The van der Waals surface area contributed by atoms with E-state index in [0.29, 0.717) is 11.1 Å². The van der Waals surface area contributed by atoms with Gasteiger partial charge in [-0.3, -0.25) is 4.79 Å². The van der Waals surface area contributed by atoms with Crippen molar-refractivity contribution >= 4 is 33.8 Å². The molecule has 25 heavy (non-hydrogen) atoms. The second kappa shape index (κ2) is 8.80. The normalized spacial score (nSPS) is 22.5. The second-order valence-electron chi connectivity index (χ2n) is 5.44. The van der Waals surface area contributed by atoms with Crippen LogP contribution in [0.4, 0.5) is 0 Å². The Bertz CT molecular complexity index is 669. The summed E-state index contributed by atoms with van der Waals surface area (Å²) in [5.74, 6) is -1.52. The van der Waals surface area contributed by atoms with E-state index in [1.54, 1.807) is 43.3 Å². The number of halogens is 1. The third-order valence-electron chi connectivity index (χ3n) is 3.57. The number of hydrogen-bond acceptors (Lipinski definition) is 6. The quantitative estimate of drug-likeness (QED) is 0.421. The third kappa shape index (κ3) is 5.16. The minimum atomic E-state index is -0.779. The van der Waals surface area contributed by atoms with E-state index < -0.39 is 34.9 Å². The van der Waals surface area contributed by atoms with Crippen LogP contribution in [0.2, 0.25) is 0 Å². The smallest absolute Gasteiger partial charge is 0.338 e. The van der Waals surface area contributed by atoms with Crippen LogP contribution >= 0.6 is 15.9 Å². The molecule has 1 aliphatic carbocycles. The fraction of sp³-hybridized carbons (Fsp3) is 0.389. The highest BCUT2D eigenvalue weighted by atomic mass is 79.9. The first-order valence-electron chi connectivity index (χ1n) is 7.87. The van der Waals surface area contributed by atoms with E-state index in [4.69, 9.17) is 14.2 Å². The van der Waals surface area contributed by atoms with Gasteiger partial charge in [-0.2, -0.15) is 0 Å². The van der Waals surface area contributed by atoms with Crippen molar-refractivity contribution in [2.24, 2.45) is 0 Å². The number of ether oxygens (including phenoxy) is 3. The Labute approximate surface area is 154 Å². The van der Waals surface area contributed by atoms with Crippen molar-refractivity contribution in [3.05, 3.63) is 47.5 Å². The van der Waals surface area contributed by atoms with E-state index in [9.17, 15) is 14.4 Å². The van der Waals surface area contributed by atoms with Crippen LogP contribution in [0.15, 0.2) is 42.0 Å². The van der Waals surface area contributed by atoms with Crippen molar-refractivity contribution < 1.29 is 28.6 Å². The molecule has 1 aromatic rings. The van der Waals surface area contributed by atoms with Gasteiger partial charge in [-0.1, -0.05) is 40.2 Å².